The van der Waals surface area contributed by atoms with E-state index in [1.54, 1.807) is 0 Å². The van der Waals surface area contributed by atoms with E-state index in [-0.39, 0.29) is 5.41 Å². The Kier molecular flexibility index (Phi) is 3.90. The van der Waals surface area contributed by atoms with Crippen LogP contribution in [0.15, 0.2) is 0 Å². The highest BCUT2D eigenvalue weighted by Gasteiger charge is 2.53. The first-order valence-corrected chi connectivity index (χ1v) is 7.90. The Morgan fingerprint density at radius 1 is 1.11 bits per heavy atom. The van der Waals surface area contributed by atoms with Gasteiger partial charge in [0.2, 0.25) is 0 Å². The minimum atomic E-state index is 0.288. The van der Waals surface area contributed by atoms with Crippen LogP contribution in [0.25, 0.3) is 0 Å². The van der Waals surface area contributed by atoms with E-state index in [9.17, 15) is 4.79 Å². The maximum atomic E-state index is 12.5. The van der Waals surface area contributed by atoms with Crippen LogP contribution in [0.1, 0.15) is 66.7 Å². The highest BCUT2D eigenvalue weighted by atomic mass is 16.1. The minimum Gasteiger partial charge on any atom is -0.299 e. The quantitative estimate of drug-likeness (QED) is 0.694. The zero-order valence-corrected chi connectivity index (χ0v) is 12.8. The fourth-order valence-electron chi connectivity index (χ4n) is 5.18. The van der Waals surface area contributed by atoms with Gasteiger partial charge in [-0.2, -0.15) is 0 Å². The molecule has 4 atom stereocenters. The fourth-order valence-corrected chi connectivity index (χ4v) is 5.18. The maximum Gasteiger partial charge on any atom is 0.136 e. The summed E-state index contributed by atoms with van der Waals surface area (Å²) in [6.45, 7) is 11.8. The molecule has 0 aromatic heterocycles. The van der Waals surface area contributed by atoms with E-state index < -0.39 is 0 Å². The molecular formula is C17H30O. The second-order valence-corrected chi connectivity index (χ2v) is 7.65. The van der Waals surface area contributed by atoms with E-state index in [0.29, 0.717) is 29.5 Å². The molecule has 0 saturated heterocycles. The second kappa shape index (κ2) is 4.98. The Bertz CT molecular complexity index is 318. The van der Waals surface area contributed by atoms with Crippen molar-refractivity contribution in [2.24, 2.45) is 35.0 Å². The third-order valence-electron chi connectivity index (χ3n) is 5.88. The molecule has 2 saturated carbocycles. The van der Waals surface area contributed by atoms with Gasteiger partial charge in [0.05, 0.1) is 0 Å². The summed E-state index contributed by atoms with van der Waals surface area (Å²) in [6.07, 6.45) is 5.87. The number of carbonyl (C=O) groups is 1. The molecule has 1 nitrogen and oxygen atoms in total. The van der Waals surface area contributed by atoms with Crippen LogP contribution in [0, 0.1) is 35.0 Å². The molecule has 0 heterocycles. The van der Waals surface area contributed by atoms with Gasteiger partial charge in [-0.3, -0.25) is 4.79 Å². The topological polar surface area (TPSA) is 17.1 Å². The summed E-state index contributed by atoms with van der Waals surface area (Å²) >= 11 is 0. The molecule has 0 radical (unpaired) electrons. The predicted octanol–water partition coefficient (Wildman–Crippen LogP) is 4.70. The number of rotatable bonds is 2. The van der Waals surface area contributed by atoms with E-state index in [4.69, 9.17) is 0 Å². The van der Waals surface area contributed by atoms with Crippen molar-refractivity contribution < 1.29 is 4.79 Å². The molecule has 0 bridgehead atoms. The van der Waals surface area contributed by atoms with Gasteiger partial charge >= 0.3 is 0 Å². The van der Waals surface area contributed by atoms with Gasteiger partial charge in [0.25, 0.3) is 0 Å². The molecule has 2 fully saturated rings. The first-order valence-electron chi connectivity index (χ1n) is 7.90. The van der Waals surface area contributed by atoms with Crippen molar-refractivity contribution in [3.8, 4) is 0 Å². The molecule has 0 aromatic carbocycles. The third-order valence-corrected chi connectivity index (χ3v) is 5.88. The van der Waals surface area contributed by atoms with Gasteiger partial charge in [0, 0.05) is 12.3 Å². The Hall–Kier alpha value is -0.330. The van der Waals surface area contributed by atoms with Gasteiger partial charge in [-0.05, 0) is 41.9 Å². The Morgan fingerprint density at radius 3 is 2.33 bits per heavy atom. The number of carbonyl (C=O) groups excluding carboxylic acids is 1. The average Bonchev–Trinajstić information content (AvgIpc) is 2.27. The molecule has 0 aromatic rings. The molecule has 1 heteroatoms. The SMILES string of the molecule is CC(C)C1CC(=O)C2CCCCC2(C)C1C(C)C. The maximum absolute atomic E-state index is 12.5. The van der Waals surface area contributed by atoms with E-state index >= 15 is 0 Å². The third kappa shape index (κ3) is 2.14. The lowest BCUT2D eigenvalue weighted by molar-refractivity contribution is -0.146. The molecule has 0 aliphatic heterocycles. The molecule has 0 spiro atoms. The van der Waals surface area contributed by atoms with Crippen molar-refractivity contribution in [2.75, 3.05) is 0 Å². The standard InChI is InChI=1S/C17H30O/c1-11(2)13-10-15(18)14-8-6-7-9-17(14,5)16(13)12(3)4/h11-14,16H,6-10H2,1-5H3. The van der Waals surface area contributed by atoms with Gasteiger partial charge in [-0.1, -0.05) is 47.5 Å². The molecule has 0 amide bonds. The Morgan fingerprint density at radius 2 is 1.78 bits per heavy atom. The molecule has 4 unspecified atom stereocenters. The molecular weight excluding hydrogens is 220 g/mol. The van der Waals surface area contributed by atoms with Crippen LogP contribution in [0.4, 0.5) is 0 Å². The summed E-state index contributed by atoms with van der Waals surface area (Å²) in [5, 5.41) is 0. The Balaban J connectivity index is 2.37. The predicted molar refractivity (Wildman–Crippen MR) is 76.3 cm³/mol. The van der Waals surface area contributed by atoms with Crippen molar-refractivity contribution in [3.05, 3.63) is 0 Å². The summed E-state index contributed by atoms with van der Waals surface area (Å²) in [4.78, 5) is 12.5. The smallest absolute Gasteiger partial charge is 0.136 e. The van der Waals surface area contributed by atoms with E-state index in [2.05, 4.69) is 34.6 Å². The van der Waals surface area contributed by atoms with Crippen LogP contribution in [0.5, 0.6) is 0 Å². The van der Waals surface area contributed by atoms with Crippen molar-refractivity contribution in [2.45, 2.75) is 66.7 Å². The first-order chi connectivity index (χ1) is 8.38. The highest BCUT2D eigenvalue weighted by molar-refractivity contribution is 5.83. The van der Waals surface area contributed by atoms with Crippen molar-refractivity contribution in [1.29, 1.82) is 0 Å². The number of hydrogen-bond acceptors (Lipinski definition) is 1. The number of fused-ring (bicyclic) bond motifs is 1. The highest BCUT2D eigenvalue weighted by Crippen LogP contribution is 2.57. The van der Waals surface area contributed by atoms with Gasteiger partial charge in [0.15, 0.2) is 0 Å². The van der Waals surface area contributed by atoms with Crippen LogP contribution < -0.4 is 0 Å². The summed E-state index contributed by atoms with van der Waals surface area (Å²) in [5.74, 6) is 3.64. The van der Waals surface area contributed by atoms with Gasteiger partial charge < -0.3 is 0 Å². The fraction of sp³-hybridized carbons (Fsp3) is 0.941. The van der Waals surface area contributed by atoms with Crippen LogP contribution >= 0.6 is 0 Å². The van der Waals surface area contributed by atoms with Crippen LogP contribution in [0.2, 0.25) is 0 Å². The molecule has 0 N–H and O–H groups in total. The van der Waals surface area contributed by atoms with Gasteiger partial charge in [0.1, 0.15) is 5.78 Å². The normalized spacial score (nSPS) is 41.3. The van der Waals surface area contributed by atoms with Crippen LogP contribution in [-0.4, -0.2) is 5.78 Å². The van der Waals surface area contributed by atoms with Gasteiger partial charge in [-0.15, -0.1) is 0 Å². The zero-order valence-electron chi connectivity index (χ0n) is 12.8. The van der Waals surface area contributed by atoms with E-state index in [0.717, 1.165) is 18.8 Å². The molecule has 2 aliphatic carbocycles. The van der Waals surface area contributed by atoms with E-state index in [1.165, 1.54) is 19.3 Å². The summed E-state index contributed by atoms with van der Waals surface area (Å²) in [5.41, 5.74) is 0.288. The molecule has 2 aliphatic rings. The van der Waals surface area contributed by atoms with E-state index in [1.807, 2.05) is 0 Å². The minimum absolute atomic E-state index is 0.288. The summed E-state index contributed by atoms with van der Waals surface area (Å²) < 4.78 is 0. The number of hydrogen-bond donors (Lipinski definition) is 0. The summed E-state index contributed by atoms with van der Waals surface area (Å²) in [6, 6.07) is 0. The Labute approximate surface area is 113 Å². The average molecular weight is 250 g/mol. The van der Waals surface area contributed by atoms with Crippen molar-refractivity contribution >= 4 is 5.78 Å². The number of Topliss-reactive ketones (excluding diaryl/α,β-unsaturated/α-hetero) is 1. The summed E-state index contributed by atoms with van der Waals surface area (Å²) in [7, 11) is 0. The van der Waals surface area contributed by atoms with Crippen LogP contribution in [0.3, 0.4) is 0 Å². The molecule has 18 heavy (non-hydrogen) atoms. The second-order valence-electron chi connectivity index (χ2n) is 7.65. The largest absolute Gasteiger partial charge is 0.299 e. The lowest BCUT2D eigenvalue weighted by atomic mass is 9.48. The van der Waals surface area contributed by atoms with Crippen LogP contribution in [-0.2, 0) is 4.79 Å². The molecule has 104 valence electrons. The number of ketones is 1. The molecule has 2 rings (SSSR count). The first kappa shape index (κ1) is 14.1. The van der Waals surface area contributed by atoms with Gasteiger partial charge in [-0.25, -0.2) is 0 Å². The van der Waals surface area contributed by atoms with Crippen molar-refractivity contribution in [3.63, 3.8) is 0 Å². The lowest BCUT2D eigenvalue weighted by Crippen LogP contribution is -2.52. The monoisotopic (exact) mass is 250 g/mol. The zero-order chi connectivity index (χ0) is 13.5. The lowest BCUT2D eigenvalue weighted by Gasteiger charge is -2.55. The van der Waals surface area contributed by atoms with Crippen molar-refractivity contribution in [1.82, 2.24) is 0 Å².